The smallest absolute Gasteiger partial charge is 0.279 e. The van der Waals surface area contributed by atoms with E-state index in [2.05, 4.69) is 45.6 Å². The molecule has 3 aliphatic heterocycles. The lowest BCUT2D eigenvalue weighted by atomic mass is 10.1. The number of aromatic hydroxyl groups is 1. The average molecular weight is 918 g/mol. The molecular formula is C46H37BrN4O4S4. The molecule has 0 fully saturated rings. The Kier molecular flexibility index (Phi) is 12.4. The summed E-state index contributed by atoms with van der Waals surface area (Å²) in [6.45, 7) is 11.9. The number of hydrogen-bond acceptors (Lipinski definition) is 8. The van der Waals surface area contributed by atoms with Crippen LogP contribution in [0.5, 0.6) is 5.88 Å². The average Bonchev–Trinajstić information content (AvgIpc) is 4.07. The van der Waals surface area contributed by atoms with Gasteiger partial charge in [0.05, 0.1) is 39.0 Å². The van der Waals surface area contributed by atoms with E-state index in [4.69, 9.17) is 0 Å². The van der Waals surface area contributed by atoms with Gasteiger partial charge in [0.15, 0.2) is 5.88 Å². The highest BCUT2D eigenvalue weighted by atomic mass is 79.9. The molecule has 8 heterocycles. The van der Waals surface area contributed by atoms with E-state index in [1.165, 1.54) is 11.3 Å². The topological polar surface area (TPSA) is 106 Å². The van der Waals surface area contributed by atoms with Crippen molar-refractivity contribution >= 4 is 118 Å². The van der Waals surface area contributed by atoms with E-state index >= 15 is 0 Å². The molecule has 0 saturated carbocycles. The number of nitrogens with zero attached hydrogens (tertiary/aromatic N) is 3. The molecule has 0 unspecified atom stereocenters. The minimum atomic E-state index is -0.206. The molecule has 0 spiro atoms. The van der Waals surface area contributed by atoms with Crippen LogP contribution in [0.3, 0.4) is 0 Å². The number of fused-ring (bicyclic) bond motifs is 4. The third-order valence-electron chi connectivity index (χ3n) is 9.56. The number of carbonyl (C=O) groups is 3. The molecule has 3 aliphatic rings. The fourth-order valence-electron chi connectivity index (χ4n) is 7.20. The van der Waals surface area contributed by atoms with Gasteiger partial charge in [0.25, 0.3) is 17.7 Å². The van der Waals surface area contributed by atoms with Gasteiger partial charge in [0.2, 0.25) is 0 Å². The Balaban J connectivity index is 0.000000165. The van der Waals surface area contributed by atoms with Crippen LogP contribution in [0.4, 0.5) is 11.4 Å². The molecule has 0 saturated heterocycles. The predicted molar refractivity (Wildman–Crippen MR) is 251 cm³/mol. The van der Waals surface area contributed by atoms with Gasteiger partial charge in [-0.3, -0.25) is 14.4 Å². The molecule has 2 aromatic carbocycles. The van der Waals surface area contributed by atoms with Crippen LogP contribution >= 0.6 is 61.3 Å². The van der Waals surface area contributed by atoms with Crippen molar-refractivity contribution in [1.82, 2.24) is 4.98 Å². The van der Waals surface area contributed by atoms with Crippen LogP contribution in [-0.2, 0) is 14.4 Å². The van der Waals surface area contributed by atoms with Gasteiger partial charge >= 0.3 is 0 Å². The summed E-state index contributed by atoms with van der Waals surface area (Å²) in [5, 5.41) is 23.1. The van der Waals surface area contributed by atoms with Crippen molar-refractivity contribution in [2.24, 2.45) is 4.99 Å². The van der Waals surface area contributed by atoms with Crippen LogP contribution in [-0.4, -0.2) is 46.2 Å². The van der Waals surface area contributed by atoms with Crippen LogP contribution in [0, 0.1) is 0 Å². The summed E-state index contributed by atoms with van der Waals surface area (Å²) in [7, 11) is 0. The Hall–Kier alpha value is -5.70. The molecule has 7 aromatic rings. The molecule has 5 aromatic heterocycles. The molecule has 296 valence electrons. The lowest BCUT2D eigenvalue weighted by Gasteiger charge is -2.18. The zero-order valence-electron chi connectivity index (χ0n) is 30.7. The second-order valence-electron chi connectivity index (χ2n) is 13.0. The minimum Gasteiger partial charge on any atom is -0.494 e. The molecule has 10 rings (SSSR count). The number of amides is 3. The number of anilines is 2. The molecule has 0 atom stereocenters. The monoisotopic (exact) mass is 916 g/mol. The highest BCUT2D eigenvalue weighted by molar-refractivity contribution is 9.09. The Bertz CT molecular complexity index is 2910. The highest BCUT2D eigenvalue weighted by Crippen LogP contribution is 2.38. The molecule has 13 heteroatoms. The number of halogens is 1. The van der Waals surface area contributed by atoms with Crippen LogP contribution in [0.25, 0.3) is 38.1 Å². The van der Waals surface area contributed by atoms with E-state index in [9.17, 15) is 19.5 Å². The second kappa shape index (κ2) is 17.7. The number of nitrogens with one attached hydrogen (secondary N) is 1. The maximum absolute atomic E-state index is 13.3. The van der Waals surface area contributed by atoms with Gasteiger partial charge in [-0.2, -0.15) is 0 Å². The number of aromatic amines is 1. The highest BCUT2D eigenvalue weighted by Gasteiger charge is 2.35. The lowest BCUT2D eigenvalue weighted by molar-refractivity contribution is -0.113. The fraction of sp³-hybridized carbons (Fsp3) is 0.0870. The Morgan fingerprint density at radius 2 is 1.12 bits per heavy atom. The van der Waals surface area contributed by atoms with E-state index in [0.29, 0.717) is 35.2 Å². The summed E-state index contributed by atoms with van der Waals surface area (Å²) in [6, 6.07) is 23.3. The van der Waals surface area contributed by atoms with Gasteiger partial charge in [-0.25, -0.2) is 4.99 Å². The Morgan fingerprint density at radius 1 is 0.661 bits per heavy atom. The SMILES string of the molecule is C.C=CCBr.C=CCN1C(=O)C(c2cccs2)=c2cc3c(cc21)=C(c1cccs1)C(=O)N3CC=C.O=C1N=c2cc3c(-c4cccs4)c(O)[nH]c3cc2=C1c1cccs1. The van der Waals surface area contributed by atoms with Crippen molar-refractivity contribution < 1.29 is 19.5 Å². The van der Waals surface area contributed by atoms with Crippen LogP contribution < -0.4 is 30.8 Å². The van der Waals surface area contributed by atoms with Crippen LogP contribution in [0.1, 0.15) is 22.1 Å². The molecule has 2 N–H and O–H groups in total. The maximum Gasteiger partial charge on any atom is 0.279 e. The van der Waals surface area contributed by atoms with E-state index < -0.39 is 0 Å². The molecule has 3 amide bonds. The number of carbonyl (C=O) groups excluding carboxylic acids is 3. The zero-order chi connectivity index (χ0) is 40.5. The first-order valence-electron chi connectivity index (χ1n) is 17.9. The first kappa shape index (κ1) is 41.5. The van der Waals surface area contributed by atoms with Crippen molar-refractivity contribution in [3.8, 4) is 16.3 Å². The van der Waals surface area contributed by atoms with Gasteiger partial charge in [-0.1, -0.05) is 65.9 Å². The fourth-order valence-corrected chi connectivity index (χ4v) is 10.3. The molecule has 0 bridgehead atoms. The molecule has 8 nitrogen and oxygen atoms in total. The quantitative estimate of drug-likeness (QED) is 0.112. The van der Waals surface area contributed by atoms with Gasteiger partial charge in [0.1, 0.15) is 0 Å². The number of hydrogen-bond donors (Lipinski definition) is 2. The normalized spacial score (nSPS) is 13.6. The summed E-state index contributed by atoms with van der Waals surface area (Å²) < 4.78 is 0. The second-order valence-corrected chi connectivity index (χ2v) is 17.4. The van der Waals surface area contributed by atoms with Gasteiger partial charge < -0.3 is 19.9 Å². The minimum absolute atomic E-state index is 0. The van der Waals surface area contributed by atoms with E-state index in [-0.39, 0.29) is 31.0 Å². The third-order valence-corrected chi connectivity index (χ3v) is 13.6. The van der Waals surface area contributed by atoms with Crippen molar-refractivity contribution in [3.05, 3.63) is 168 Å². The number of thiophene rings is 4. The standard InChI is InChI=1S/C24H18N2O2S2.C18H10N2O2S2.C3H5Br.CH4/c1-3-9-25-17-13-16-18(14-15(17)21(23(25)27)19-7-5-11-29-19)26(10-4-2)24(28)22(16)20-8-6-12-30-20;21-17-15(13-3-1-5-23-13)9-7-12-10(8-11(9)19-17)16(18(22)20-12)14-4-2-6-24-14;1-2-3-4;/h3-8,11-14H,1-2,9-10H2;1-8,19,21H;2H,1,3H2;1H4. The number of aromatic nitrogens is 1. The summed E-state index contributed by atoms with van der Waals surface area (Å²) in [5.41, 5.74) is 5.20. The number of H-pyrrole nitrogens is 1. The van der Waals surface area contributed by atoms with E-state index in [1.807, 2.05) is 94.3 Å². The number of alkyl halides is 1. The summed E-state index contributed by atoms with van der Waals surface area (Å²) in [4.78, 5) is 53.4. The maximum atomic E-state index is 13.3. The third kappa shape index (κ3) is 7.45. The Morgan fingerprint density at radius 3 is 1.54 bits per heavy atom. The van der Waals surface area contributed by atoms with Crippen LogP contribution in [0.15, 0.2) is 137 Å². The van der Waals surface area contributed by atoms with Crippen molar-refractivity contribution in [3.63, 3.8) is 0 Å². The number of benzene rings is 2. The van der Waals surface area contributed by atoms with Gasteiger partial charge in [-0.15, -0.1) is 65.1 Å². The first-order valence-corrected chi connectivity index (χ1v) is 22.6. The van der Waals surface area contributed by atoms with Gasteiger partial charge in [-0.05, 0) is 70.1 Å². The summed E-state index contributed by atoms with van der Waals surface area (Å²) in [5.74, 6) is -0.132. The molecule has 0 radical (unpaired) electrons. The van der Waals surface area contributed by atoms with Crippen LogP contribution in [0.2, 0.25) is 0 Å². The van der Waals surface area contributed by atoms with Gasteiger partial charge in [0, 0.05) is 64.5 Å². The lowest BCUT2D eigenvalue weighted by Crippen LogP contribution is -2.30. The number of rotatable bonds is 9. The number of allylic oxidation sites excluding steroid dienone is 1. The van der Waals surface area contributed by atoms with Crippen molar-refractivity contribution in [2.45, 2.75) is 7.43 Å². The van der Waals surface area contributed by atoms with E-state index in [0.717, 1.165) is 68.3 Å². The largest absolute Gasteiger partial charge is 0.494 e. The summed E-state index contributed by atoms with van der Waals surface area (Å²) in [6.07, 6.45) is 5.25. The first-order chi connectivity index (χ1) is 28.3. The molecular weight excluding hydrogens is 881 g/mol. The molecule has 0 aliphatic carbocycles. The predicted octanol–water partition coefficient (Wildman–Crippen LogP) is 8.50. The Labute approximate surface area is 364 Å². The summed E-state index contributed by atoms with van der Waals surface area (Å²) >= 11 is 9.30. The van der Waals surface area contributed by atoms with Crippen molar-refractivity contribution in [1.29, 1.82) is 0 Å². The zero-order valence-corrected chi connectivity index (χ0v) is 35.6. The van der Waals surface area contributed by atoms with E-state index in [1.54, 1.807) is 62.0 Å². The molecule has 59 heavy (non-hydrogen) atoms. The van der Waals surface area contributed by atoms with Crippen molar-refractivity contribution in [2.75, 3.05) is 28.2 Å².